The molecule has 0 aromatic heterocycles. The minimum atomic E-state index is -4.03. The van der Waals surface area contributed by atoms with Crippen LogP contribution in [0.4, 0.5) is 0 Å². The molecule has 1 saturated heterocycles. The van der Waals surface area contributed by atoms with Gasteiger partial charge in [0.2, 0.25) is 0 Å². The molecule has 1 aliphatic heterocycles. The number of hydrogen-bond acceptors (Lipinski definition) is 8. The molecule has 0 unspecified atom stereocenters. The summed E-state index contributed by atoms with van der Waals surface area (Å²) in [6.07, 6.45) is -1.81. The highest BCUT2D eigenvalue weighted by Crippen LogP contribution is 2.35. The van der Waals surface area contributed by atoms with Crippen LogP contribution in [0.3, 0.4) is 0 Å². The van der Waals surface area contributed by atoms with E-state index in [0.717, 1.165) is 11.1 Å². The van der Waals surface area contributed by atoms with Crippen LogP contribution in [0.15, 0.2) is 58.3 Å². The molecule has 2 atom stereocenters. The van der Waals surface area contributed by atoms with E-state index in [1.807, 2.05) is 13.8 Å². The second kappa shape index (κ2) is 8.76. The third-order valence-electron chi connectivity index (χ3n) is 4.08. The van der Waals surface area contributed by atoms with Crippen LogP contribution in [0.5, 0.6) is 0 Å². The van der Waals surface area contributed by atoms with E-state index in [-0.39, 0.29) is 9.79 Å². The van der Waals surface area contributed by atoms with Gasteiger partial charge in [-0.1, -0.05) is 57.0 Å². The van der Waals surface area contributed by atoms with Gasteiger partial charge in [-0.3, -0.25) is 8.37 Å². The van der Waals surface area contributed by atoms with E-state index in [1.165, 1.54) is 45.9 Å². The van der Waals surface area contributed by atoms with Gasteiger partial charge < -0.3 is 0 Å². The molecule has 1 heterocycles. The molecular weight excluding hydrogens is 440 g/mol. The zero-order valence-corrected chi connectivity index (χ0v) is 18.5. The van der Waals surface area contributed by atoms with Gasteiger partial charge in [-0.25, -0.2) is 0 Å². The fourth-order valence-corrected chi connectivity index (χ4v) is 7.25. The quantitative estimate of drug-likeness (QED) is 0.478. The highest BCUT2D eigenvalue weighted by Gasteiger charge is 2.36. The zero-order chi connectivity index (χ0) is 20.4. The molecule has 1 aliphatic rings. The van der Waals surface area contributed by atoms with Crippen molar-refractivity contribution < 1.29 is 25.2 Å². The molecule has 0 radical (unpaired) electrons. The van der Waals surface area contributed by atoms with Crippen LogP contribution in [0, 0.1) is 13.8 Å². The zero-order valence-electron chi connectivity index (χ0n) is 15.3. The van der Waals surface area contributed by atoms with E-state index in [4.69, 9.17) is 8.37 Å². The lowest BCUT2D eigenvalue weighted by Gasteiger charge is -2.29. The van der Waals surface area contributed by atoms with Crippen molar-refractivity contribution in [3.8, 4) is 0 Å². The van der Waals surface area contributed by atoms with Gasteiger partial charge in [0.1, 0.15) is 12.2 Å². The van der Waals surface area contributed by atoms with Gasteiger partial charge in [0.25, 0.3) is 20.2 Å². The van der Waals surface area contributed by atoms with Crippen LogP contribution < -0.4 is 0 Å². The van der Waals surface area contributed by atoms with Gasteiger partial charge in [0, 0.05) is 11.5 Å². The summed E-state index contributed by atoms with van der Waals surface area (Å²) in [5, 5.41) is 0. The normalized spacial score (nSPS) is 20.8. The van der Waals surface area contributed by atoms with Crippen molar-refractivity contribution in [2.24, 2.45) is 0 Å². The Labute approximate surface area is 173 Å². The molecule has 10 heteroatoms. The smallest absolute Gasteiger partial charge is 0.259 e. The van der Waals surface area contributed by atoms with Crippen molar-refractivity contribution in [3.05, 3.63) is 59.7 Å². The maximum Gasteiger partial charge on any atom is 0.297 e. The lowest BCUT2D eigenvalue weighted by atomic mass is 10.2. The third-order valence-corrected chi connectivity index (χ3v) is 9.20. The predicted octanol–water partition coefficient (Wildman–Crippen LogP) is 3.55. The molecule has 2 aromatic rings. The molecule has 0 aliphatic carbocycles. The number of rotatable bonds is 6. The topological polar surface area (TPSA) is 86.7 Å². The Morgan fingerprint density at radius 3 is 1.32 bits per heavy atom. The molecule has 2 aromatic carbocycles. The van der Waals surface area contributed by atoms with Crippen LogP contribution in [0.1, 0.15) is 11.1 Å². The van der Waals surface area contributed by atoms with Crippen molar-refractivity contribution >= 4 is 41.8 Å². The number of benzene rings is 2. The second-order valence-electron chi connectivity index (χ2n) is 6.37. The average molecular weight is 461 g/mol. The lowest BCUT2D eigenvalue weighted by Crippen LogP contribution is -2.40. The van der Waals surface area contributed by atoms with Gasteiger partial charge in [-0.05, 0) is 38.1 Å². The van der Waals surface area contributed by atoms with Crippen LogP contribution in [0.25, 0.3) is 0 Å². The minimum absolute atomic E-state index is 0.0291. The summed E-state index contributed by atoms with van der Waals surface area (Å²) < 4.78 is 61.1. The molecule has 0 N–H and O–H groups in total. The molecule has 152 valence electrons. The largest absolute Gasteiger partial charge is 0.297 e. The fraction of sp³-hybridized carbons (Fsp3) is 0.333. The third kappa shape index (κ3) is 5.31. The highest BCUT2D eigenvalue weighted by atomic mass is 33.1. The van der Waals surface area contributed by atoms with Crippen LogP contribution >= 0.6 is 21.6 Å². The van der Waals surface area contributed by atoms with Gasteiger partial charge >= 0.3 is 0 Å². The molecule has 6 nitrogen and oxygen atoms in total. The molecular formula is C18H20O6S4. The van der Waals surface area contributed by atoms with Gasteiger partial charge in [0.15, 0.2) is 0 Å². The number of hydrogen-bond donors (Lipinski definition) is 0. The van der Waals surface area contributed by atoms with Gasteiger partial charge in [0.05, 0.1) is 9.79 Å². The Kier molecular flexibility index (Phi) is 6.78. The monoisotopic (exact) mass is 460 g/mol. The molecule has 0 spiro atoms. The molecule has 0 bridgehead atoms. The summed E-state index contributed by atoms with van der Waals surface area (Å²) >= 11 is 0. The van der Waals surface area contributed by atoms with E-state index >= 15 is 0 Å². The van der Waals surface area contributed by atoms with Crippen molar-refractivity contribution in [1.29, 1.82) is 0 Å². The Hall–Kier alpha value is -1.04. The van der Waals surface area contributed by atoms with Crippen LogP contribution in [-0.2, 0) is 28.6 Å². The molecule has 1 fully saturated rings. The van der Waals surface area contributed by atoms with E-state index in [9.17, 15) is 16.8 Å². The van der Waals surface area contributed by atoms with E-state index in [2.05, 4.69) is 0 Å². The predicted molar refractivity (Wildman–Crippen MR) is 111 cm³/mol. The van der Waals surface area contributed by atoms with E-state index in [0.29, 0.717) is 11.5 Å². The van der Waals surface area contributed by atoms with Gasteiger partial charge in [-0.15, -0.1) is 0 Å². The maximum atomic E-state index is 12.6. The summed E-state index contributed by atoms with van der Waals surface area (Å²) in [7, 11) is -5.22. The summed E-state index contributed by atoms with van der Waals surface area (Å²) in [6.45, 7) is 3.71. The van der Waals surface area contributed by atoms with Crippen molar-refractivity contribution in [2.75, 3.05) is 11.5 Å². The van der Waals surface area contributed by atoms with E-state index in [1.54, 1.807) is 24.3 Å². The lowest BCUT2D eigenvalue weighted by molar-refractivity contribution is 0.0926. The first-order valence-corrected chi connectivity index (χ1v) is 13.7. The summed E-state index contributed by atoms with van der Waals surface area (Å²) in [5.74, 6) is 0.591. The van der Waals surface area contributed by atoms with Crippen LogP contribution in [-0.4, -0.2) is 40.5 Å². The Balaban J connectivity index is 1.78. The van der Waals surface area contributed by atoms with Crippen LogP contribution in [0.2, 0.25) is 0 Å². The summed E-state index contributed by atoms with van der Waals surface area (Å²) in [4.78, 5) is 0.0583. The van der Waals surface area contributed by atoms with Crippen molar-refractivity contribution in [2.45, 2.75) is 35.8 Å². The van der Waals surface area contributed by atoms with Gasteiger partial charge in [-0.2, -0.15) is 16.8 Å². The summed E-state index contributed by atoms with van der Waals surface area (Å²) in [5.41, 5.74) is 1.85. The first-order chi connectivity index (χ1) is 13.2. The Morgan fingerprint density at radius 1 is 0.679 bits per heavy atom. The summed E-state index contributed by atoms with van der Waals surface area (Å²) in [6, 6.07) is 12.6. The second-order valence-corrected chi connectivity index (χ2v) is 12.1. The maximum absolute atomic E-state index is 12.6. The Bertz CT molecular complexity index is 929. The minimum Gasteiger partial charge on any atom is -0.259 e. The molecule has 0 saturated carbocycles. The van der Waals surface area contributed by atoms with E-state index < -0.39 is 32.4 Å². The number of aryl methyl sites for hydroxylation is 2. The standard InChI is InChI=1S/C18H20O6S4/c1-13-3-7-15(8-4-13)27(19,20)23-17-11-25-26-12-18(17)24-28(21,22)16-9-5-14(2)6-10-16/h3-10,17-18H,11-12H2,1-2H3/t17-,18-/m0/s1. The highest BCUT2D eigenvalue weighted by molar-refractivity contribution is 8.76. The van der Waals surface area contributed by atoms with Crippen molar-refractivity contribution in [3.63, 3.8) is 0 Å². The molecule has 28 heavy (non-hydrogen) atoms. The van der Waals surface area contributed by atoms with Crippen molar-refractivity contribution in [1.82, 2.24) is 0 Å². The molecule has 3 rings (SSSR count). The molecule has 0 amide bonds. The first kappa shape index (κ1) is 21.7. The SMILES string of the molecule is Cc1ccc(S(=O)(=O)O[C@H]2CSSC[C@@H]2OS(=O)(=O)c2ccc(C)cc2)cc1. The Morgan fingerprint density at radius 2 is 1.00 bits per heavy atom. The first-order valence-electron chi connectivity index (χ1n) is 8.42. The fourth-order valence-electron chi connectivity index (χ4n) is 2.47. The average Bonchev–Trinajstić information content (AvgIpc) is 2.64.